The highest BCUT2D eigenvalue weighted by Crippen LogP contribution is 2.23. The van der Waals surface area contributed by atoms with Gasteiger partial charge < -0.3 is 15.1 Å². The van der Waals surface area contributed by atoms with Crippen molar-refractivity contribution in [2.75, 3.05) is 37.6 Å². The molecular formula is C21H26BrN3O. The Labute approximate surface area is 164 Å². The van der Waals surface area contributed by atoms with Crippen LogP contribution in [-0.2, 0) is 6.42 Å². The molecule has 0 spiro atoms. The number of hydrogen-bond donors (Lipinski definition) is 1. The number of piperazine rings is 1. The summed E-state index contributed by atoms with van der Waals surface area (Å²) < 4.78 is 1.09. The normalized spacial score (nSPS) is 14.4. The van der Waals surface area contributed by atoms with Crippen molar-refractivity contribution < 1.29 is 4.79 Å². The predicted molar refractivity (Wildman–Crippen MR) is 111 cm³/mol. The maximum atomic E-state index is 12.4. The van der Waals surface area contributed by atoms with Gasteiger partial charge in [-0.05, 0) is 49.1 Å². The molecule has 0 saturated carbocycles. The second-order valence-corrected chi connectivity index (χ2v) is 7.62. The highest BCUT2D eigenvalue weighted by atomic mass is 79.9. The van der Waals surface area contributed by atoms with E-state index in [9.17, 15) is 4.79 Å². The quantitative estimate of drug-likeness (QED) is 0.813. The summed E-state index contributed by atoms with van der Waals surface area (Å²) in [5, 5.41) is 3.05. The second-order valence-electron chi connectivity index (χ2n) is 6.77. The van der Waals surface area contributed by atoms with Crippen molar-refractivity contribution in [2.45, 2.75) is 20.3 Å². The lowest BCUT2D eigenvalue weighted by Gasteiger charge is -2.37. The average molecular weight is 416 g/mol. The zero-order valence-electron chi connectivity index (χ0n) is 15.5. The third kappa shape index (κ3) is 4.39. The second kappa shape index (κ2) is 8.58. The molecule has 0 unspecified atom stereocenters. The van der Waals surface area contributed by atoms with Crippen molar-refractivity contribution in [3.05, 3.63) is 63.6 Å². The molecule has 0 atom stereocenters. The van der Waals surface area contributed by atoms with E-state index in [1.165, 1.54) is 22.4 Å². The first-order chi connectivity index (χ1) is 12.6. The van der Waals surface area contributed by atoms with Gasteiger partial charge in [0, 0.05) is 42.9 Å². The van der Waals surface area contributed by atoms with E-state index in [4.69, 9.17) is 0 Å². The first-order valence-corrected chi connectivity index (χ1v) is 9.93. The Morgan fingerprint density at radius 3 is 2.50 bits per heavy atom. The number of urea groups is 1. The number of aryl methyl sites for hydroxylation is 1. The number of nitrogens with zero attached hydrogens (tertiary/aromatic N) is 2. The molecule has 26 heavy (non-hydrogen) atoms. The zero-order chi connectivity index (χ0) is 18.5. The van der Waals surface area contributed by atoms with Crippen LogP contribution in [0.3, 0.4) is 0 Å². The summed E-state index contributed by atoms with van der Waals surface area (Å²) in [6.07, 6.45) is 0.829. The topological polar surface area (TPSA) is 35.6 Å². The maximum Gasteiger partial charge on any atom is 0.317 e. The smallest absolute Gasteiger partial charge is 0.317 e. The van der Waals surface area contributed by atoms with Crippen LogP contribution in [0.25, 0.3) is 0 Å². The van der Waals surface area contributed by atoms with Crippen molar-refractivity contribution in [1.82, 2.24) is 10.2 Å². The fourth-order valence-electron chi connectivity index (χ4n) is 3.35. The Balaban J connectivity index is 1.48. The minimum absolute atomic E-state index is 0.0395. The van der Waals surface area contributed by atoms with Crippen LogP contribution in [0.5, 0.6) is 0 Å². The third-order valence-corrected chi connectivity index (χ3v) is 5.89. The van der Waals surface area contributed by atoms with E-state index >= 15 is 0 Å². The molecule has 1 aliphatic heterocycles. The van der Waals surface area contributed by atoms with Crippen LogP contribution in [0.2, 0.25) is 0 Å². The Kier molecular flexibility index (Phi) is 6.20. The van der Waals surface area contributed by atoms with E-state index in [0.29, 0.717) is 6.54 Å². The van der Waals surface area contributed by atoms with E-state index < -0.39 is 0 Å². The summed E-state index contributed by atoms with van der Waals surface area (Å²) in [6.45, 7) is 8.24. The number of halogens is 1. The van der Waals surface area contributed by atoms with Crippen LogP contribution in [0, 0.1) is 13.8 Å². The monoisotopic (exact) mass is 415 g/mol. The molecule has 2 aromatic rings. The minimum Gasteiger partial charge on any atom is -0.368 e. The number of carbonyl (C=O) groups is 1. The molecule has 4 nitrogen and oxygen atoms in total. The number of anilines is 1. The molecule has 138 valence electrons. The predicted octanol–water partition coefficient (Wildman–Crippen LogP) is 4.14. The van der Waals surface area contributed by atoms with Gasteiger partial charge in [-0.3, -0.25) is 0 Å². The summed E-state index contributed by atoms with van der Waals surface area (Å²) >= 11 is 3.55. The van der Waals surface area contributed by atoms with E-state index in [1.54, 1.807) is 0 Å². The van der Waals surface area contributed by atoms with Gasteiger partial charge in [-0.15, -0.1) is 0 Å². The molecule has 0 aliphatic carbocycles. The molecule has 1 fully saturated rings. The van der Waals surface area contributed by atoms with Crippen molar-refractivity contribution in [3.63, 3.8) is 0 Å². The molecule has 1 aliphatic rings. The first kappa shape index (κ1) is 18.8. The lowest BCUT2D eigenvalue weighted by Crippen LogP contribution is -2.52. The van der Waals surface area contributed by atoms with Gasteiger partial charge in [0.25, 0.3) is 0 Å². The zero-order valence-corrected chi connectivity index (χ0v) is 17.1. The van der Waals surface area contributed by atoms with Gasteiger partial charge in [0.1, 0.15) is 0 Å². The highest BCUT2D eigenvalue weighted by molar-refractivity contribution is 9.10. The van der Waals surface area contributed by atoms with E-state index in [2.05, 4.69) is 64.3 Å². The van der Waals surface area contributed by atoms with Crippen LogP contribution in [-0.4, -0.2) is 43.7 Å². The number of hydrogen-bond acceptors (Lipinski definition) is 2. The summed E-state index contributed by atoms with van der Waals surface area (Å²) in [6, 6.07) is 14.6. The number of carbonyl (C=O) groups excluding carboxylic acids is 1. The molecule has 0 bridgehead atoms. The Hall–Kier alpha value is -2.01. The number of benzene rings is 2. The standard InChI is InChI=1S/C21H26BrN3O/c1-16-6-5-9-20(17(16)2)24-12-14-25(15-13-24)21(26)23-11-10-18-7-3-4-8-19(18)22/h3-9H,10-15H2,1-2H3,(H,23,26). The van der Waals surface area contributed by atoms with Crippen LogP contribution in [0.4, 0.5) is 10.5 Å². The minimum atomic E-state index is 0.0395. The summed E-state index contributed by atoms with van der Waals surface area (Å²) in [7, 11) is 0. The Morgan fingerprint density at radius 1 is 1.04 bits per heavy atom. The van der Waals surface area contributed by atoms with Gasteiger partial charge in [-0.2, -0.15) is 0 Å². The van der Waals surface area contributed by atoms with Crippen molar-refractivity contribution in [3.8, 4) is 0 Å². The SMILES string of the molecule is Cc1cccc(N2CCN(C(=O)NCCc3ccccc3Br)CC2)c1C. The van der Waals surface area contributed by atoms with E-state index in [1.807, 2.05) is 23.1 Å². The van der Waals surface area contributed by atoms with Crippen LogP contribution in [0.1, 0.15) is 16.7 Å². The van der Waals surface area contributed by atoms with Gasteiger partial charge in [-0.25, -0.2) is 4.79 Å². The molecule has 5 heteroatoms. The molecule has 2 amide bonds. The van der Waals surface area contributed by atoms with E-state index in [-0.39, 0.29) is 6.03 Å². The van der Waals surface area contributed by atoms with Crippen molar-refractivity contribution in [1.29, 1.82) is 0 Å². The number of amides is 2. The fourth-order valence-corrected chi connectivity index (χ4v) is 3.83. The third-order valence-electron chi connectivity index (χ3n) is 5.11. The highest BCUT2D eigenvalue weighted by Gasteiger charge is 2.22. The molecule has 2 aromatic carbocycles. The molecule has 1 heterocycles. The Bertz CT molecular complexity index is 770. The molecule has 0 radical (unpaired) electrons. The molecule has 3 rings (SSSR count). The van der Waals surface area contributed by atoms with Gasteiger partial charge in [-0.1, -0.05) is 46.3 Å². The van der Waals surface area contributed by atoms with Crippen LogP contribution in [0.15, 0.2) is 46.9 Å². The molecule has 1 saturated heterocycles. The summed E-state index contributed by atoms with van der Waals surface area (Å²) in [5.41, 5.74) is 5.15. The van der Waals surface area contributed by atoms with Gasteiger partial charge >= 0.3 is 6.03 Å². The largest absolute Gasteiger partial charge is 0.368 e. The fraction of sp³-hybridized carbons (Fsp3) is 0.381. The first-order valence-electron chi connectivity index (χ1n) is 9.13. The van der Waals surface area contributed by atoms with Crippen molar-refractivity contribution >= 4 is 27.6 Å². The van der Waals surface area contributed by atoms with Crippen LogP contribution < -0.4 is 10.2 Å². The molecule has 1 N–H and O–H groups in total. The lowest BCUT2D eigenvalue weighted by molar-refractivity contribution is 0.194. The molecular weight excluding hydrogens is 390 g/mol. The summed E-state index contributed by atoms with van der Waals surface area (Å²) in [5.74, 6) is 0. The number of nitrogens with one attached hydrogen (secondary N) is 1. The maximum absolute atomic E-state index is 12.4. The molecule has 0 aromatic heterocycles. The lowest BCUT2D eigenvalue weighted by atomic mass is 10.1. The van der Waals surface area contributed by atoms with Crippen LogP contribution >= 0.6 is 15.9 Å². The average Bonchev–Trinajstić information content (AvgIpc) is 2.65. The van der Waals surface area contributed by atoms with E-state index in [0.717, 1.165) is 37.1 Å². The number of rotatable bonds is 4. The van der Waals surface area contributed by atoms with Gasteiger partial charge in [0.2, 0.25) is 0 Å². The Morgan fingerprint density at radius 2 is 1.77 bits per heavy atom. The summed E-state index contributed by atoms with van der Waals surface area (Å²) in [4.78, 5) is 16.7. The van der Waals surface area contributed by atoms with Crippen molar-refractivity contribution in [2.24, 2.45) is 0 Å². The van der Waals surface area contributed by atoms with Gasteiger partial charge in [0.15, 0.2) is 0 Å². The van der Waals surface area contributed by atoms with Gasteiger partial charge in [0.05, 0.1) is 0 Å².